The third kappa shape index (κ3) is 4.30. The van der Waals surface area contributed by atoms with E-state index in [0.29, 0.717) is 17.9 Å². The predicted octanol–water partition coefficient (Wildman–Crippen LogP) is 4.08. The third-order valence-corrected chi connectivity index (χ3v) is 5.09. The first kappa shape index (κ1) is 18.6. The van der Waals surface area contributed by atoms with Crippen LogP contribution >= 0.6 is 15.9 Å². The normalized spacial score (nSPS) is 14.2. The molecule has 0 saturated carbocycles. The van der Waals surface area contributed by atoms with Gasteiger partial charge >= 0.3 is 0 Å². The number of carbonyl (C=O) groups excluding carboxylic acids is 1. The molecule has 2 N–H and O–H groups in total. The molecule has 2 aromatic rings. The molecule has 0 bridgehead atoms. The molecule has 0 aromatic heterocycles. The van der Waals surface area contributed by atoms with Crippen molar-refractivity contribution in [3.63, 3.8) is 0 Å². The number of benzene rings is 2. The first-order valence-corrected chi connectivity index (χ1v) is 9.56. The van der Waals surface area contributed by atoms with Gasteiger partial charge in [0.05, 0.1) is 12.7 Å². The summed E-state index contributed by atoms with van der Waals surface area (Å²) in [5.41, 5.74) is 2.45. The molecule has 5 nitrogen and oxygen atoms in total. The van der Waals surface area contributed by atoms with E-state index in [9.17, 15) is 9.90 Å². The van der Waals surface area contributed by atoms with Gasteiger partial charge in [0.1, 0.15) is 0 Å². The molecule has 1 aliphatic heterocycles. The van der Waals surface area contributed by atoms with Crippen LogP contribution in [0, 0.1) is 0 Å². The summed E-state index contributed by atoms with van der Waals surface area (Å²) in [5.74, 6) is 0.359. The van der Waals surface area contributed by atoms with Gasteiger partial charge in [0, 0.05) is 29.8 Å². The van der Waals surface area contributed by atoms with E-state index in [-0.39, 0.29) is 11.7 Å². The maximum absolute atomic E-state index is 12.8. The summed E-state index contributed by atoms with van der Waals surface area (Å²) < 4.78 is 5.92. The minimum atomic E-state index is -0.123. The van der Waals surface area contributed by atoms with E-state index < -0.39 is 0 Å². The Bertz CT molecular complexity index is 789. The second-order valence-electron chi connectivity index (χ2n) is 6.40. The molecule has 1 saturated heterocycles. The molecule has 1 fully saturated rings. The number of methoxy groups -OCH3 is 1. The standard InChI is InChI=1S/C20H23BrN2O3/c1-26-19-8-5-14(11-18(19)24)13-22-20(25)16-12-15(21)6-7-17(16)23-9-3-2-4-10-23/h5-8,11-12,24H,2-4,9-10,13H2,1H3,(H,22,25). The van der Waals surface area contributed by atoms with Gasteiger partial charge in [0.2, 0.25) is 0 Å². The number of nitrogens with one attached hydrogen (secondary N) is 1. The van der Waals surface area contributed by atoms with Gasteiger partial charge < -0.3 is 20.1 Å². The van der Waals surface area contributed by atoms with Gasteiger partial charge in [-0.1, -0.05) is 22.0 Å². The largest absolute Gasteiger partial charge is 0.504 e. The zero-order valence-corrected chi connectivity index (χ0v) is 16.4. The van der Waals surface area contributed by atoms with Crippen LogP contribution in [0.2, 0.25) is 0 Å². The summed E-state index contributed by atoms with van der Waals surface area (Å²) in [6.07, 6.45) is 3.56. The van der Waals surface area contributed by atoms with Gasteiger partial charge in [-0.25, -0.2) is 0 Å². The Morgan fingerprint density at radius 1 is 1.19 bits per heavy atom. The Hall–Kier alpha value is -2.21. The molecule has 0 spiro atoms. The number of ether oxygens (including phenoxy) is 1. The highest BCUT2D eigenvalue weighted by Gasteiger charge is 2.19. The van der Waals surface area contributed by atoms with E-state index in [4.69, 9.17) is 4.74 Å². The monoisotopic (exact) mass is 418 g/mol. The number of aromatic hydroxyl groups is 1. The molecule has 1 aliphatic rings. The number of carbonyl (C=O) groups is 1. The number of amides is 1. The smallest absolute Gasteiger partial charge is 0.253 e. The molecule has 1 amide bonds. The second kappa shape index (κ2) is 8.45. The zero-order chi connectivity index (χ0) is 18.5. The topological polar surface area (TPSA) is 61.8 Å². The van der Waals surface area contributed by atoms with Crippen molar-refractivity contribution in [1.29, 1.82) is 0 Å². The van der Waals surface area contributed by atoms with Crippen LogP contribution in [-0.4, -0.2) is 31.2 Å². The molecule has 0 unspecified atom stereocenters. The average Bonchev–Trinajstić information content (AvgIpc) is 2.67. The zero-order valence-electron chi connectivity index (χ0n) is 14.8. The van der Waals surface area contributed by atoms with Crippen molar-refractivity contribution in [3.05, 3.63) is 52.0 Å². The average molecular weight is 419 g/mol. The molecule has 3 rings (SSSR count). The highest BCUT2D eigenvalue weighted by molar-refractivity contribution is 9.10. The van der Waals surface area contributed by atoms with Gasteiger partial charge in [-0.15, -0.1) is 0 Å². The first-order valence-electron chi connectivity index (χ1n) is 8.77. The number of halogens is 1. The summed E-state index contributed by atoms with van der Waals surface area (Å²) in [5, 5.41) is 12.8. The van der Waals surface area contributed by atoms with E-state index in [2.05, 4.69) is 26.1 Å². The Morgan fingerprint density at radius 3 is 2.65 bits per heavy atom. The number of hydrogen-bond donors (Lipinski definition) is 2. The Balaban J connectivity index is 1.74. The maximum Gasteiger partial charge on any atom is 0.253 e. The molecule has 138 valence electrons. The minimum absolute atomic E-state index is 0.0655. The summed E-state index contributed by atoms with van der Waals surface area (Å²) in [4.78, 5) is 15.1. The molecule has 2 aromatic carbocycles. The lowest BCUT2D eigenvalue weighted by atomic mass is 10.1. The summed E-state index contributed by atoms with van der Waals surface area (Å²) in [6, 6.07) is 11.0. The molecular weight excluding hydrogens is 396 g/mol. The van der Waals surface area contributed by atoms with Gasteiger partial charge in [-0.3, -0.25) is 4.79 Å². The number of piperidine rings is 1. The van der Waals surface area contributed by atoms with E-state index in [0.717, 1.165) is 41.7 Å². The van der Waals surface area contributed by atoms with Crippen molar-refractivity contribution < 1.29 is 14.6 Å². The van der Waals surface area contributed by atoms with Crippen molar-refractivity contribution in [3.8, 4) is 11.5 Å². The molecule has 1 heterocycles. The van der Waals surface area contributed by atoms with Crippen molar-refractivity contribution >= 4 is 27.5 Å². The van der Waals surface area contributed by atoms with Crippen molar-refractivity contribution in [2.75, 3.05) is 25.1 Å². The molecule has 0 radical (unpaired) electrons. The number of anilines is 1. The lowest BCUT2D eigenvalue weighted by Gasteiger charge is -2.30. The maximum atomic E-state index is 12.8. The molecule has 26 heavy (non-hydrogen) atoms. The fourth-order valence-electron chi connectivity index (χ4n) is 3.22. The van der Waals surface area contributed by atoms with Gasteiger partial charge in [0.25, 0.3) is 5.91 Å². The van der Waals surface area contributed by atoms with E-state index >= 15 is 0 Å². The van der Waals surface area contributed by atoms with Crippen molar-refractivity contribution in [2.24, 2.45) is 0 Å². The summed E-state index contributed by atoms with van der Waals surface area (Å²) in [7, 11) is 1.51. The van der Waals surface area contributed by atoms with E-state index in [1.165, 1.54) is 13.5 Å². The van der Waals surface area contributed by atoms with Crippen LogP contribution in [0.1, 0.15) is 35.2 Å². The fourth-order valence-corrected chi connectivity index (χ4v) is 3.58. The first-order chi connectivity index (χ1) is 12.6. The fraction of sp³-hybridized carbons (Fsp3) is 0.350. The summed E-state index contributed by atoms with van der Waals surface area (Å²) >= 11 is 3.46. The number of phenols is 1. The van der Waals surface area contributed by atoms with Crippen LogP contribution in [0.5, 0.6) is 11.5 Å². The van der Waals surface area contributed by atoms with Crippen LogP contribution < -0.4 is 15.0 Å². The SMILES string of the molecule is COc1ccc(CNC(=O)c2cc(Br)ccc2N2CCCCC2)cc1O. The lowest BCUT2D eigenvalue weighted by molar-refractivity contribution is 0.0951. The molecule has 6 heteroatoms. The van der Waals surface area contributed by atoms with Crippen LogP contribution in [-0.2, 0) is 6.54 Å². The number of rotatable bonds is 5. The van der Waals surface area contributed by atoms with Gasteiger partial charge in [-0.2, -0.15) is 0 Å². The van der Waals surface area contributed by atoms with Crippen molar-refractivity contribution in [2.45, 2.75) is 25.8 Å². The van der Waals surface area contributed by atoms with Gasteiger partial charge in [0.15, 0.2) is 11.5 Å². The van der Waals surface area contributed by atoms with Crippen LogP contribution in [0.4, 0.5) is 5.69 Å². The second-order valence-corrected chi connectivity index (χ2v) is 7.31. The molecular formula is C20H23BrN2O3. The summed E-state index contributed by atoms with van der Waals surface area (Å²) in [6.45, 7) is 2.30. The minimum Gasteiger partial charge on any atom is -0.504 e. The quantitative estimate of drug-likeness (QED) is 0.767. The highest BCUT2D eigenvalue weighted by atomic mass is 79.9. The highest BCUT2D eigenvalue weighted by Crippen LogP contribution is 2.28. The Kier molecular flexibility index (Phi) is 6.04. The van der Waals surface area contributed by atoms with Crippen molar-refractivity contribution in [1.82, 2.24) is 5.32 Å². The number of hydrogen-bond acceptors (Lipinski definition) is 4. The predicted molar refractivity (Wildman–Crippen MR) is 106 cm³/mol. The lowest BCUT2D eigenvalue weighted by Crippen LogP contribution is -2.32. The molecule has 0 atom stereocenters. The number of nitrogens with zero attached hydrogens (tertiary/aromatic N) is 1. The molecule has 0 aliphatic carbocycles. The van der Waals surface area contributed by atoms with Crippen LogP contribution in [0.15, 0.2) is 40.9 Å². The van der Waals surface area contributed by atoms with E-state index in [1.807, 2.05) is 24.3 Å². The Morgan fingerprint density at radius 2 is 1.96 bits per heavy atom. The number of phenolic OH excluding ortho intramolecular Hbond substituents is 1. The van der Waals surface area contributed by atoms with Gasteiger partial charge in [-0.05, 0) is 55.2 Å². The van der Waals surface area contributed by atoms with E-state index in [1.54, 1.807) is 12.1 Å². The Labute approximate surface area is 162 Å². The van der Waals surface area contributed by atoms with Crippen LogP contribution in [0.3, 0.4) is 0 Å². The third-order valence-electron chi connectivity index (χ3n) is 4.60. The van der Waals surface area contributed by atoms with Crippen LogP contribution in [0.25, 0.3) is 0 Å².